The van der Waals surface area contributed by atoms with Crippen LogP contribution in [-0.2, 0) is 6.54 Å². The van der Waals surface area contributed by atoms with Gasteiger partial charge in [-0.1, -0.05) is 0 Å². The molecule has 3 rings (SSSR count). The Morgan fingerprint density at radius 2 is 1.92 bits per heavy atom. The maximum Gasteiger partial charge on any atom is 0.222 e. The number of halogens is 1. The van der Waals surface area contributed by atoms with Crippen LogP contribution in [0.4, 0.5) is 5.95 Å². The van der Waals surface area contributed by atoms with Crippen molar-refractivity contribution in [2.24, 2.45) is 0 Å². The molecule has 0 aliphatic carbocycles. The molecule has 0 saturated carbocycles. The van der Waals surface area contributed by atoms with Gasteiger partial charge in [-0.25, -0.2) is 9.97 Å². The molecule has 0 spiro atoms. The predicted molar refractivity (Wildman–Crippen MR) is 93.5 cm³/mol. The molecule has 7 nitrogen and oxygen atoms in total. The van der Waals surface area contributed by atoms with Gasteiger partial charge >= 0.3 is 0 Å². The highest BCUT2D eigenvalue weighted by Gasteiger charge is 2.18. The summed E-state index contributed by atoms with van der Waals surface area (Å²) in [7, 11) is 1.63. The van der Waals surface area contributed by atoms with Crippen molar-refractivity contribution in [1.29, 1.82) is 0 Å². The number of hydrogen-bond acceptors (Lipinski definition) is 7. The standard InChI is InChI=1S/C16H20N4O3.ClH/c1-21-13-9-12(10-14-15(13)23-8-7-22-14)11-17-5-6-20-16-18-3-2-4-19-16;/h2-4,9-10,17H,5-8,11H2,1H3,(H,18,19,20);1H. The molecule has 1 aromatic heterocycles. The van der Waals surface area contributed by atoms with Crippen molar-refractivity contribution in [2.75, 3.05) is 38.7 Å². The van der Waals surface area contributed by atoms with Gasteiger partial charge in [-0.05, 0) is 23.8 Å². The van der Waals surface area contributed by atoms with Crippen molar-refractivity contribution in [3.63, 3.8) is 0 Å². The maximum absolute atomic E-state index is 5.63. The van der Waals surface area contributed by atoms with Crippen LogP contribution in [0, 0.1) is 0 Å². The van der Waals surface area contributed by atoms with Gasteiger partial charge < -0.3 is 24.8 Å². The Balaban J connectivity index is 0.00000208. The van der Waals surface area contributed by atoms with E-state index < -0.39 is 0 Å². The summed E-state index contributed by atoms with van der Waals surface area (Å²) in [5.41, 5.74) is 1.09. The second-order valence-corrected chi connectivity index (χ2v) is 5.00. The molecule has 2 heterocycles. The quantitative estimate of drug-likeness (QED) is 0.737. The Morgan fingerprint density at radius 1 is 1.12 bits per heavy atom. The predicted octanol–water partition coefficient (Wildman–Crippen LogP) is 1.88. The number of nitrogens with one attached hydrogen (secondary N) is 2. The lowest BCUT2D eigenvalue weighted by Crippen LogP contribution is -2.22. The SMILES string of the molecule is COc1cc(CNCCNc2ncccn2)cc2c1OCCO2.Cl. The molecule has 0 radical (unpaired) electrons. The van der Waals surface area contributed by atoms with Gasteiger partial charge in [0.1, 0.15) is 13.2 Å². The van der Waals surface area contributed by atoms with Crippen molar-refractivity contribution in [1.82, 2.24) is 15.3 Å². The molecule has 130 valence electrons. The van der Waals surface area contributed by atoms with E-state index in [1.165, 1.54) is 0 Å². The van der Waals surface area contributed by atoms with Crippen molar-refractivity contribution in [2.45, 2.75) is 6.54 Å². The molecule has 24 heavy (non-hydrogen) atoms. The summed E-state index contributed by atoms with van der Waals surface area (Å²) in [6, 6.07) is 5.74. The van der Waals surface area contributed by atoms with Crippen LogP contribution < -0.4 is 24.8 Å². The minimum atomic E-state index is 0. The van der Waals surface area contributed by atoms with Crippen molar-refractivity contribution in [3.05, 3.63) is 36.2 Å². The molecule has 0 amide bonds. The summed E-state index contributed by atoms with van der Waals surface area (Å²) in [6.07, 6.45) is 3.43. The van der Waals surface area contributed by atoms with E-state index in [2.05, 4.69) is 20.6 Å². The van der Waals surface area contributed by atoms with E-state index in [9.17, 15) is 0 Å². The number of aromatic nitrogens is 2. The van der Waals surface area contributed by atoms with Gasteiger partial charge in [0.2, 0.25) is 11.7 Å². The van der Waals surface area contributed by atoms with Crippen LogP contribution in [0.3, 0.4) is 0 Å². The minimum absolute atomic E-state index is 0. The molecule has 1 aliphatic rings. The third kappa shape index (κ3) is 4.62. The van der Waals surface area contributed by atoms with Gasteiger partial charge in [-0.3, -0.25) is 0 Å². The molecule has 1 aliphatic heterocycles. The van der Waals surface area contributed by atoms with Crippen molar-refractivity contribution in [3.8, 4) is 17.2 Å². The zero-order chi connectivity index (χ0) is 15.9. The monoisotopic (exact) mass is 352 g/mol. The van der Waals surface area contributed by atoms with Gasteiger partial charge in [0, 0.05) is 32.0 Å². The molecule has 0 fully saturated rings. The summed E-state index contributed by atoms with van der Waals surface area (Å²) in [5, 5.41) is 6.51. The van der Waals surface area contributed by atoms with Gasteiger partial charge in [-0.2, -0.15) is 0 Å². The van der Waals surface area contributed by atoms with Crippen molar-refractivity contribution < 1.29 is 14.2 Å². The van der Waals surface area contributed by atoms with Crippen LogP contribution in [0.5, 0.6) is 17.2 Å². The van der Waals surface area contributed by atoms with Crippen LogP contribution in [-0.4, -0.2) is 43.4 Å². The van der Waals surface area contributed by atoms with Crippen LogP contribution >= 0.6 is 12.4 Å². The summed E-state index contributed by atoms with van der Waals surface area (Å²) in [5.74, 6) is 2.76. The van der Waals surface area contributed by atoms with E-state index in [0.29, 0.717) is 37.2 Å². The fourth-order valence-electron chi connectivity index (χ4n) is 2.32. The van der Waals surface area contributed by atoms with Crippen LogP contribution in [0.2, 0.25) is 0 Å². The summed E-state index contributed by atoms with van der Waals surface area (Å²) in [4.78, 5) is 8.22. The molecule has 2 aromatic rings. The number of fused-ring (bicyclic) bond motifs is 1. The number of anilines is 1. The Kier molecular flexibility index (Phi) is 6.89. The Bertz CT molecular complexity index is 625. The third-order valence-corrected chi connectivity index (χ3v) is 3.37. The lowest BCUT2D eigenvalue weighted by Gasteiger charge is -2.21. The van der Waals surface area contributed by atoms with Gasteiger partial charge in [0.05, 0.1) is 7.11 Å². The average Bonchev–Trinajstić information content (AvgIpc) is 2.61. The number of methoxy groups -OCH3 is 1. The average molecular weight is 353 g/mol. The maximum atomic E-state index is 5.63. The van der Waals surface area contributed by atoms with Gasteiger partial charge in [0.25, 0.3) is 0 Å². The fraction of sp³-hybridized carbons (Fsp3) is 0.375. The van der Waals surface area contributed by atoms with Crippen molar-refractivity contribution >= 4 is 18.4 Å². The molecule has 2 N–H and O–H groups in total. The highest BCUT2D eigenvalue weighted by molar-refractivity contribution is 5.85. The first-order valence-electron chi connectivity index (χ1n) is 7.55. The van der Waals surface area contributed by atoms with E-state index in [0.717, 1.165) is 24.4 Å². The summed E-state index contributed by atoms with van der Waals surface area (Å²) in [6.45, 7) is 3.35. The molecule has 0 saturated heterocycles. The lowest BCUT2D eigenvalue weighted by molar-refractivity contribution is 0.165. The molecular formula is C16H21ClN4O3. The van der Waals surface area contributed by atoms with Crippen LogP contribution in [0.25, 0.3) is 0 Å². The Labute approximate surface area is 147 Å². The minimum Gasteiger partial charge on any atom is -0.493 e. The molecule has 0 atom stereocenters. The van der Waals surface area contributed by atoms with Crippen LogP contribution in [0.15, 0.2) is 30.6 Å². The molecule has 8 heteroatoms. The van der Waals surface area contributed by atoms with E-state index in [1.807, 2.05) is 12.1 Å². The first-order valence-corrected chi connectivity index (χ1v) is 7.55. The summed E-state index contributed by atoms with van der Waals surface area (Å²) >= 11 is 0. The third-order valence-electron chi connectivity index (χ3n) is 3.37. The number of hydrogen-bond donors (Lipinski definition) is 2. The molecule has 1 aromatic carbocycles. The van der Waals surface area contributed by atoms with E-state index >= 15 is 0 Å². The normalized spacial score (nSPS) is 12.2. The highest BCUT2D eigenvalue weighted by Crippen LogP contribution is 2.40. The zero-order valence-corrected chi connectivity index (χ0v) is 14.3. The molecule has 0 bridgehead atoms. The van der Waals surface area contributed by atoms with Gasteiger partial charge in [-0.15, -0.1) is 12.4 Å². The zero-order valence-electron chi connectivity index (χ0n) is 13.4. The lowest BCUT2D eigenvalue weighted by atomic mass is 10.1. The number of rotatable bonds is 7. The number of nitrogens with zero attached hydrogens (tertiary/aromatic N) is 2. The smallest absolute Gasteiger partial charge is 0.222 e. The van der Waals surface area contributed by atoms with E-state index in [4.69, 9.17) is 14.2 Å². The first kappa shape index (κ1) is 18.1. The highest BCUT2D eigenvalue weighted by atomic mass is 35.5. The summed E-state index contributed by atoms with van der Waals surface area (Å²) < 4.78 is 16.6. The number of benzene rings is 1. The van der Waals surface area contributed by atoms with Crippen LogP contribution in [0.1, 0.15) is 5.56 Å². The van der Waals surface area contributed by atoms with E-state index in [1.54, 1.807) is 25.6 Å². The largest absolute Gasteiger partial charge is 0.493 e. The fourth-order valence-corrected chi connectivity index (χ4v) is 2.32. The second kappa shape index (κ2) is 9.14. The van der Waals surface area contributed by atoms with Gasteiger partial charge in [0.15, 0.2) is 11.5 Å². The topological polar surface area (TPSA) is 77.5 Å². The Morgan fingerprint density at radius 3 is 2.71 bits per heavy atom. The second-order valence-electron chi connectivity index (χ2n) is 5.00. The molecule has 0 unspecified atom stereocenters. The molecular weight excluding hydrogens is 332 g/mol. The number of ether oxygens (including phenoxy) is 3. The first-order chi connectivity index (χ1) is 11.4. The van der Waals surface area contributed by atoms with E-state index in [-0.39, 0.29) is 12.4 Å². The Hall–Kier alpha value is -2.25.